The summed E-state index contributed by atoms with van der Waals surface area (Å²) in [6, 6.07) is 0. The number of rotatable bonds is 3. The molecule has 12 heavy (non-hydrogen) atoms. The number of hydrogen-bond acceptors (Lipinski definition) is 2. The second kappa shape index (κ2) is 4.10. The van der Waals surface area contributed by atoms with E-state index in [2.05, 4.69) is 6.58 Å². The van der Waals surface area contributed by atoms with Gasteiger partial charge in [0.2, 0.25) is 5.78 Å². The largest absolute Gasteiger partial charge is 0.490 e. The fourth-order valence-corrected chi connectivity index (χ4v) is 1.05. The molecule has 0 saturated heterocycles. The second-order valence-corrected chi connectivity index (χ2v) is 2.85. The van der Waals surface area contributed by atoms with Crippen LogP contribution in [0.1, 0.15) is 26.2 Å². The van der Waals surface area contributed by atoms with Crippen molar-refractivity contribution in [3.05, 3.63) is 24.0 Å². The second-order valence-electron chi connectivity index (χ2n) is 2.85. The van der Waals surface area contributed by atoms with E-state index in [1.807, 2.05) is 13.0 Å². The average molecular weight is 166 g/mol. The molecule has 0 amide bonds. The van der Waals surface area contributed by atoms with Gasteiger partial charge in [0, 0.05) is 0 Å². The van der Waals surface area contributed by atoms with Crippen LogP contribution >= 0.6 is 0 Å². The van der Waals surface area contributed by atoms with Gasteiger partial charge in [-0.2, -0.15) is 0 Å². The van der Waals surface area contributed by atoms with Crippen LogP contribution in [0.25, 0.3) is 0 Å². The van der Waals surface area contributed by atoms with E-state index < -0.39 is 0 Å². The van der Waals surface area contributed by atoms with E-state index >= 15 is 0 Å². The Hall–Kier alpha value is -1.05. The molecule has 0 aromatic carbocycles. The van der Waals surface area contributed by atoms with Gasteiger partial charge in [0.15, 0.2) is 5.76 Å². The quantitative estimate of drug-likeness (QED) is 0.601. The molecule has 0 unspecified atom stereocenters. The summed E-state index contributed by atoms with van der Waals surface area (Å²) in [6.45, 7) is 6.26. The summed E-state index contributed by atoms with van der Waals surface area (Å²) in [4.78, 5) is 11.4. The van der Waals surface area contributed by atoms with Crippen LogP contribution in [0.3, 0.4) is 0 Å². The first kappa shape index (κ1) is 9.04. The van der Waals surface area contributed by atoms with Crippen LogP contribution in [0.2, 0.25) is 0 Å². The topological polar surface area (TPSA) is 26.3 Å². The predicted octanol–water partition coefficient (Wildman–Crippen LogP) is 2.22. The molecule has 0 bridgehead atoms. The van der Waals surface area contributed by atoms with Crippen molar-refractivity contribution in [1.82, 2.24) is 0 Å². The van der Waals surface area contributed by atoms with E-state index in [9.17, 15) is 4.79 Å². The van der Waals surface area contributed by atoms with Crippen molar-refractivity contribution in [2.45, 2.75) is 26.2 Å². The highest BCUT2D eigenvalue weighted by molar-refractivity contribution is 6.06. The molecule has 2 nitrogen and oxygen atoms in total. The van der Waals surface area contributed by atoms with Crippen LogP contribution in [0.5, 0.6) is 0 Å². The Labute approximate surface area is 72.9 Å². The van der Waals surface area contributed by atoms with Gasteiger partial charge in [0.1, 0.15) is 0 Å². The molecule has 1 heterocycles. The summed E-state index contributed by atoms with van der Waals surface area (Å²) in [6.07, 6.45) is 4.50. The molecule has 0 N–H and O–H groups in total. The number of ketones is 1. The van der Waals surface area contributed by atoms with Crippen LogP contribution in [0.4, 0.5) is 0 Å². The van der Waals surface area contributed by atoms with E-state index in [0.717, 1.165) is 12.8 Å². The molecule has 0 fully saturated rings. The van der Waals surface area contributed by atoms with Gasteiger partial charge < -0.3 is 4.74 Å². The molecule has 0 aromatic rings. The normalized spacial score (nSPS) is 16.2. The van der Waals surface area contributed by atoms with E-state index in [1.54, 1.807) is 0 Å². The minimum atomic E-state index is -0.0304. The molecule has 0 saturated carbocycles. The lowest BCUT2D eigenvalue weighted by molar-refractivity contribution is -0.115. The molecule has 1 rings (SSSR count). The van der Waals surface area contributed by atoms with Crippen molar-refractivity contribution in [2.24, 2.45) is 0 Å². The summed E-state index contributed by atoms with van der Waals surface area (Å²) in [5.41, 5.74) is 0.628. The summed E-state index contributed by atoms with van der Waals surface area (Å²) in [5, 5.41) is 0. The number of Topliss-reactive ketones (excluding diaryl/α,β-unsaturated/α-hetero) is 1. The molecule has 1 aliphatic heterocycles. The molecule has 66 valence electrons. The zero-order chi connectivity index (χ0) is 8.97. The number of carbonyl (C=O) groups excluding carboxylic acids is 1. The minimum absolute atomic E-state index is 0.0304. The van der Waals surface area contributed by atoms with Crippen LogP contribution < -0.4 is 0 Å². The Morgan fingerprint density at radius 3 is 3.00 bits per heavy atom. The van der Waals surface area contributed by atoms with E-state index in [1.165, 1.54) is 0 Å². The van der Waals surface area contributed by atoms with Crippen LogP contribution in [0, 0.1) is 0 Å². The number of carbonyl (C=O) groups is 1. The summed E-state index contributed by atoms with van der Waals surface area (Å²) in [5.74, 6) is 0.463. The molecule has 0 radical (unpaired) electrons. The summed E-state index contributed by atoms with van der Waals surface area (Å²) < 4.78 is 5.21. The number of allylic oxidation sites excluding steroid dienone is 2. The third-order valence-electron chi connectivity index (χ3n) is 1.91. The highest BCUT2D eigenvalue weighted by atomic mass is 16.5. The standard InChI is InChI=1S/C10H14O2/c1-3-8(2)10(11)9-6-4-5-7-12-9/h6H,2-5,7H2,1H3. The summed E-state index contributed by atoms with van der Waals surface area (Å²) >= 11 is 0. The van der Waals surface area contributed by atoms with Gasteiger partial charge in [-0.1, -0.05) is 13.5 Å². The van der Waals surface area contributed by atoms with Crippen LogP contribution in [0.15, 0.2) is 24.0 Å². The fourth-order valence-electron chi connectivity index (χ4n) is 1.05. The monoisotopic (exact) mass is 166 g/mol. The Morgan fingerprint density at radius 1 is 1.75 bits per heavy atom. The molecular weight excluding hydrogens is 152 g/mol. The van der Waals surface area contributed by atoms with Crippen molar-refractivity contribution >= 4 is 5.78 Å². The molecule has 2 heteroatoms. The maximum Gasteiger partial charge on any atom is 0.222 e. The van der Waals surface area contributed by atoms with Gasteiger partial charge in [-0.25, -0.2) is 0 Å². The number of hydrogen-bond donors (Lipinski definition) is 0. The maximum absolute atomic E-state index is 11.4. The molecule has 1 aliphatic rings. The van der Waals surface area contributed by atoms with Gasteiger partial charge in [-0.3, -0.25) is 4.79 Å². The van der Waals surface area contributed by atoms with Crippen LogP contribution in [-0.4, -0.2) is 12.4 Å². The van der Waals surface area contributed by atoms with E-state index in [-0.39, 0.29) is 5.78 Å². The SMILES string of the molecule is C=C(CC)C(=O)C1=CCCCO1. The van der Waals surface area contributed by atoms with Gasteiger partial charge in [0.05, 0.1) is 6.61 Å². The van der Waals surface area contributed by atoms with Crippen LogP contribution in [-0.2, 0) is 9.53 Å². The van der Waals surface area contributed by atoms with Gasteiger partial charge in [0.25, 0.3) is 0 Å². The molecule has 0 atom stereocenters. The predicted molar refractivity (Wildman–Crippen MR) is 47.7 cm³/mol. The van der Waals surface area contributed by atoms with Crippen molar-refractivity contribution in [2.75, 3.05) is 6.61 Å². The lowest BCUT2D eigenvalue weighted by Gasteiger charge is -2.13. The smallest absolute Gasteiger partial charge is 0.222 e. The Bertz CT molecular complexity index is 226. The highest BCUT2D eigenvalue weighted by Gasteiger charge is 2.15. The Balaban J connectivity index is 2.62. The van der Waals surface area contributed by atoms with Gasteiger partial charge >= 0.3 is 0 Å². The molecule has 0 aromatic heterocycles. The van der Waals surface area contributed by atoms with Crippen molar-refractivity contribution in [3.63, 3.8) is 0 Å². The third-order valence-corrected chi connectivity index (χ3v) is 1.91. The summed E-state index contributed by atoms with van der Waals surface area (Å²) in [7, 11) is 0. The van der Waals surface area contributed by atoms with Gasteiger partial charge in [-0.15, -0.1) is 0 Å². The van der Waals surface area contributed by atoms with E-state index in [0.29, 0.717) is 24.4 Å². The highest BCUT2D eigenvalue weighted by Crippen LogP contribution is 2.15. The van der Waals surface area contributed by atoms with Gasteiger partial charge in [-0.05, 0) is 30.9 Å². The number of ether oxygens (including phenoxy) is 1. The lowest BCUT2D eigenvalue weighted by atomic mass is 10.1. The zero-order valence-corrected chi connectivity index (χ0v) is 7.43. The molecule has 0 spiro atoms. The first-order chi connectivity index (χ1) is 5.75. The third kappa shape index (κ3) is 1.97. The molecular formula is C10H14O2. The average Bonchev–Trinajstić information content (AvgIpc) is 2.17. The zero-order valence-electron chi connectivity index (χ0n) is 7.43. The van der Waals surface area contributed by atoms with Crippen molar-refractivity contribution < 1.29 is 9.53 Å². The van der Waals surface area contributed by atoms with Crippen molar-refractivity contribution in [3.8, 4) is 0 Å². The van der Waals surface area contributed by atoms with Crippen molar-refractivity contribution in [1.29, 1.82) is 0 Å². The minimum Gasteiger partial charge on any atom is -0.490 e. The maximum atomic E-state index is 11.4. The Kier molecular flexibility index (Phi) is 3.09. The van der Waals surface area contributed by atoms with E-state index in [4.69, 9.17) is 4.74 Å². The Morgan fingerprint density at radius 2 is 2.50 bits per heavy atom. The fraction of sp³-hybridized carbons (Fsp3) is 0.500. The first-order valence-corrected chi connectivity index (χ1v) is 4.31. The lowest BCUT2D eigenvalue weighted by Crippen LogP contribution is -2.12. The first-order valence-electron chi connectivity index (χ1n) is 4.31. The molecule has 0 aliphatic carbocycles.